The van der Waals surface area contributed by atoms with Crippen LogP contribution in [0.2, 0.25) is 0 Å². The van der Waals surface area contributed by atoms with Crippen LogP contribution in [0.4, 0.5) is 0 Å². The predicted molar refractivity (Wildman–Crippen MR) is 75.9 cm³/mol. The van der Waals surface area contributed by atoms with E-state index in [1.54, 1.807) is 7.05 Å². The van der Waals surface area contributed by atoms with Crippen molar-refractivity contribution in [3.8, 4) is 0 Å². The molecule has 1 heterocycles. The van der Waals surface area contributed by atoms with Crippen LogP contribution in [0, 0.1) is 0 Å². The summed E-state index contributed by atoms with van der Waals surface area (Å²) in [7, 11) is 0.253. The maximum Gasteiger partial charge on any atom is 0.279 e. The van der Waals surface area contributed by atoms with Gasteiger partial charge in [-0.15, -0.1) is 0 Å². The summed E-state index contributed by atoms with van der Waals surface area (Å²) in [5.74, 6) is 0. The van der Waals surface area contributed by atoms with Gasteiger partial charge >= 0.3 is 0 Å². The molecule has 0 spiro atoms. The van der Waals surface area contributed by atoms with Gasteiger partial charge in [0.1, 0.15) is 0 Å². The van der Waals surface area contributed by atoms with E-state index in [2.05, 4.69) is 9.62 Å². The highest BCUT2D eigenvalue weighted by molar-refractivity contribution is 7.87. The van der Waals surface area contributed by atoms with Gasteiger partial charge in [-0.05, 0) is 25.6 Å². The first kappa shape index (κ1) is 14.5. The van der Waals surface area contributed by atoms with Gasteiger partial charge in [0, 0.05) is 26.2 Å². The molecule has 19 heavy (non-hydrogen) atoms. The molecule has 1 fully saturated rings. The lowest BCUT2D eigenvalue weighted by Gasteiger charge is -2.23. The summed E-state index contributed by atoms with van der Waals surface area (Å²) in [5, 5.41) is 0. The number of nitrogens with zero attached hydrogens (tertiary/aromatic N) is 2. The molecule has 1 unspecified atom stereocenters. The SMILES string of the molecule is CN1CCC(N(C)S(=O)(=O)NCc2ccccc2)C1. The van der Waals surface area contributed by atoms with Gasteiger partial charge in [0.2, 0.25) is 0 Å². The Bertz CT molecular complexity index is 504. The molecule has 2 rings (SSSR count). The number of hydrogen-bond donors (Lipinski definition) is 1. The minimum absolute atomic E-state index is 0.0678. The third-order valence-electron chi connectivity index (χ3n) is 3.56. The Kier molecular flexibility index (Phi) is 4.57. The molecule has 6 heteroatoms. The van der Waals surface area contributed by atoms with Gasteiger partial charge < -0.3 is 4.90 Å². The van der Waals surface area contributed by atoms with E-state index in [9.17, 15) is 8.42 Å². The average Bonchev–Trinajstić information content (AvgIpc) is 2.83. The molecule has 1 aromatic rings. The largest absolute Gasteiger partial charge is 0.305 e. The lowest BCUT2D eigenvalue weighted by molar-refractivity contribution is 0.342. The molecule has 106 valence electrons. The van der Waals surface area contributed by atoms with E-state index in [0.717, 1.165) is 25.1 Å². The van der Waals surface area contributed by atoms with Crippen LogP contribution in [0.1, 0.15) is 12.0 Å². The fraction of sp³-hybridized carbons (Fsp3) is 0.538. The van der Waals surface area contributed by atoms with Gasteiger partial charge in [0.05, 0.1) is 0 Å². The van der Waals surface area contributed by atoms with Crippen molar-refractivity contribution in [2.75, 3.05) is 27.2 Å². The van der Waals surface area contributed by atoms with Gasteiger partial charge in [-0.25, -0.2) is 0 Å². The van der Waals surface area contributed by atoms with Crippen molar-refractivity contribution in [1.29, 1.82) is 0 Å². The molecule has 1 atom stereocenters. The number of likely N-dealkylation sites (N-methyl/N-ethyl adjacent to an activating group) is 2. The van der Waals surface area contributed by atoms with Crippen LogP contribution in [-0.4, -0.2) is 50.8 Å². The van der Waals surface area contributed by atoms with Gasteiger partial charge in [-0.3, -0.25) is 0 Å². The van der Waals surface area contributed by atoms with Gasteiger partial charge in [-0.2, -0.15) is 17.4 Å². The molecule has 1 aromatic carbocycles. The highest BCUT2D eigenvalue weighted by atomic mass is 32.2. The van der Waals surface area contributed by atoms with Crippen LogP contribution in [0.15, 0.2) is 30.3 Å². The Labute approximate surface area is 115 Å². The monoisotopic (exact) mass is 283 g/mol. The summed E-state index contributed by atoms with van der Waals surface area (Å²) in [6.45, 7) is 2.07. The molecule has 0 saturated carbocycles. The topological polar surface area (TPSA) is 52.7 Å². The summed E-state index contributed by atoms with van der Waals surface area (Å²) >= 11 is 0. The third kappa shape index (κ3) is 3.76. The standard InChI is InChI=1S/C13H21N3O2S/c1-15-9-8-13(11-15)16(2)19(17,18)14-10-12-6-4-3-5-7-12/h3-7,13-14H,8-11H2,1-2H3. The number of rotatable bonds is 5. The number of hydrogen-bond acceptors (Lipinski definition) is 3. The molecular weight excluding hydrogens is 262 g/mol. The smallest absolute Gasteiger partial charge is 0.279 e. The zero-order valence-corrected chi connectivity index (χ0v) is 12.2. The molecule has 0 radical (unpaired) electrons. The van der Waals surface area contributed by atoms with Crippen LogP contribution in [0.25, 0.3) is 0 Å². The number of nitrogens with one attached hydrogen (secondary N) is 1. The summed E-state index contributed by atoms with van der Waals surface area (Å²) < 4.78 is 28.5. The summed E-state index contributed by atoms with van der Waals surface area (Å²) in [6, 6.07) is 9.60. The molecule has 0 aromatic heterocycles. The Morgan fingerprint density at radius 3 is 2.63 bits per heavy atom. The van der Waals surface area contributed by atoms with Crippen LogP contribution >= 0.6 is 0 Å². The summed E-state index contributed by atoms with van der Waals surface area (Å²) in [6.07, 6.45) is 0.888. The Morgan fingerprint density at radius 1 is 1.37 bits per heavy atom. The van der Waals surface area contributed by atoms with Crippen LogP contribution in [-0.2, 0) is 16.8 Å². The van der Waals surface area contributed by atoms with Crippen molar-refractivity contribution in [1.82, 2.24) is 13.9 Å². The minimum atomic E-state index is -3.41. The van der Waals surface area contributed by atoms with Crippen molar-refractivity contribution in [3.05, 3.63) is 35.9 Å². The second-order valence-corrected chi connectivity index (χ2v) is 6.85. The first-order valence-corrected chi connectivity index (χ1v) is 7.88. The molecule has 1 aliphatic heterocycles. The maximum atomic E-state index is 12.2. The van der Waals surface area contributed by atoms with E-state index in [0.29, 0.717) is 6.54 Å². The number of benzene rings is 1. The minimum Gasteiger partial charge on any atom is -0.305 e. The van der Waals surface area contributed by atoms with E-state index in [-0.39, 0.29) is 6.04 Å². The van der Waals surface area contributed by atoms with Gasteiger partial charge in [0.15, 0.2) is 0 Å². The zero-order valence-electron chi connectivity index (χ0n) is 11.4. The van der Waals surface area contributed by atoms with Crippen molar-refractivity contribution in [2.45, 2.75) is 19.0 Å². The van der Waals surface area contributed by atoms with E-state index < -0.39 is 10.2 Å². The second kappa shape index (κ2) is 6.00. The highest BCUT2D eigenvalue weighted by Crippen LogP contribution is 2.15. The maximum absolute atomic E-state index is 12.2. The molecule has 0 bridgehead atoms. The Balaban J connectivity index is 1.94. The van der Waals surface area contributed by atoms with Crippen molar-refractivity contribution >= 4 is 10.2 Å². The molecule has 1 aliphatic rings. The number of likely N-dealkylation sites (tertiary alicyclic amines) is 1. The van der Waals surface area contributed by atoms with Gasteiger partial charge in [0.25, 0.3) is 10.2 Å². The molecule has 1 saturated heterocycles. The normalized spacial score (nSPS) is 21.1. The van der Waals surface area contributed by atoms with Crippen molar-refractivity contribution < 1.29 is 8.42 Å². The second-order valence-electron chi connectivity index (χ2n) is 5.03. The van der Waals surface area contributed by atoms with Crippen molar-refractivity contribution in [3.63, 3.8) is 0 Å². The summed E-state index contributed by atoms with van der Waals surface area (Å²) in [4.78, 5) is 2.15. The van der Waals surface area contributed by atoms with E-state index >= 15 is 0 Å². The first-order chi connectivity index (χ1) is 8.99. The summed E-state index contributed by atoms with van der Waals surface area (Å²) in [5.41, 5.74) is 0.961. The van der Waals surface area contributed by atoms with E-state index in [4.69, 9.17) is 0 Å². The van der Waals surface area contributed by atoms with Crippen molar-refractivity contribution in [2.24, 2.45) is 0 Å². The molecular formula is C13H21N3O2S. The molecule has 0 amide bonds. The fourth-order valence-corrected chi connectivity index (χ4v) is 3.39. The Morgan fingerprint density at radius 2 is 2.05 bits per heavy atom. The highest BCUT2D eigenvalue weighted by Gasteiger charge is 2.30. The predicted octanol–water partition coefficient (Wildman–Crippen LogP) is 0.657. The molecule has 5 nitrogen and oxygen atoms in total. The first-order valence-electron chi connectivity index (χ1n) is 6.44. The quantitative estimate of drug-likeness (QED) is 0.863. The van der Waals surface area contributed by atoms with E-state index in [1.165, 1.54) is 4.31 Å². The van der Waals surface area contributed by atoms with Crippen LogP contribution in [0.3, 0.4) is 0 Å². The van der Waals surface area contributed by atoms with Crippen LogP contribution in [0.5, 0.6) is 0 Å². The fourth-order valence-electron chi connectivity index (χ4n) is 2.28. The zero-order chi connectivity index (χ0) is 13.9. The third-order valence-corrected chi connectivity index (χ3v) is 5.13. The van der Waals surface area contributed by atoms with Crippen LogP contribution < -0.4 is 4.72 Å². The average molecular weight is 283 g/mol. The lowest BCUT2D eigenvalue weighted by atomic mass is 10.2. The van der Waals surface area contributed by atoms with E-state index in [1.807, 2.05) is 37.4 Å². The lowest BCUT2D eigenvalue weighted by Crippen LogP contribution is -2.44. The molecule has 1 N–H and O–H groups in total. The Hall–Kier alpha value is -0.950. The van der Waals surface area contributed by atoms with Gasteiger partial charge in [-0.1, -0.05) is 30.3 Å². The molecule has 0 aliphatic carbocycles.